The third kappa shape index (κ3) is 4.61. The molecule has 36 heavy (non-hydrogen) atoms. The van der Waals surface area contributed by atoms with E-state index < -0.39 is 12.1 Å². The second kappa shape index (κ2) is 10.2. The Kier molecular flexibility index (Phi) is 7.01. The molecule has 2 aromatic rings. The molecule has 1 aromatic carbocycles. The molecule has 0 unspecified atom stereocenters. The molecular formula is C27H36FN5O3. The van der Waals surface area contributed by atoms with Crippen molar-refractivity contribution < 1.29 is 19.1 Å². The number of rotatable bonds is 5. The predicted molar refractivity (Wildman–Crippen MR) is 135 cm³/mol. The van der Waals surface area contributed by atoms with Crippen molar-refractivity contribution in [2.24, 2.45) is 5.92 Å². The van der Waals surface area contributed by atoms with Crippen LogP contribution in [0.3, 0.4) is 0 Å². The number of aromatic nitrogens is 2. The Balaban J connectivity index is 1.24. The molecular weight excluding hydrogens is 461 g/mol. The molecule has 1 aliphatic carbocycles. The average molecular weight is 498 g/mol. The van der Waals surface area contributed by atoms with Crippen molar-refractivity contribution in [2.45, 2.75) is 52.2 Å². The fraction of sp³-hybridized carbons (Fsp3) is 0.593. The smallest absolute Gasteiger partial charge is 0.274 e. The SMILES string of the molecule is Cc1cccc(N2CCN(C(=O)Cn3nc(C(=O)N4CC[C@H](CO)[C@H](F)C4)c4c3CCC4)CC2)c1C. The van der Waals surface area contributed by atoms with Gasteiger partial charge in [-0.25, -0.2) is 4.39 Å². The maximum Gasteiger partial charge on any atom is 0.274 e. The summed E-state index contributed by atoms with van der Waals surface area (Å²) in [7, 11) is 0. The van der Waals surface area contributed by atoms with Gasteiger partial charge in [0.1, 0.15) is 12.7 Å². The quantitative estimate of drug-likeness (QED) is 0.685. The first-order valence-corrected chi connectivity index (χ1v) is 13.1. The minimum atomic E-state index is -1.23. The molecule has 0 spiro atoms. The van der Waals surface area contributed by atoms with Crippen molar-refractivity contribution in [1.29, 1.82) is 0 Å². The maximum absolute atomic E-state index is 14.4. The van der Waals surface area contributed by atoms with Gasteiger partial charge in [-0.05, 0) is 56.7 Å². The number of likely N-dealkylation sites (tertiary alicyclic amines) is 1. The molecule has 0 radical (unpaired) electrons. The number of alkyl halides is 1. The highest BCUT2D eigenvalue weighted by molar-refractivity contribution is 5.94. The number of anilines is 1. The van der Waals surface area contributed by atoms with Crippen molar-refractivity contribution in [3.63, 3.8) is 0 Å². The Morgan fingerprint density at radius 3 is 2.58 bits per heavy atom. The number of piperidine rings is 1. The average Bonchev–Trinajstić information content (AvgIpc) is 3.49. The lowest BCUT2D eigenvalue weighted by atomic mass is 9.95. The fourth-order valence-electron chi connectivity index (χ4n) is 5.81. The molecule has 9 heteroatoms. The number of nitrogens with zero attached hydrogens (tertiary/aromatic N) is 5. The summed E-state index contributed by atoms with van der Waals surface area (Å²) in [5.41, 5.74) is 6.01. The Hall–Kier alpha value is -2.94. The number of benzene rings is 1. The van der Waals surface area contributed by atoms with E-state index in [-0.39, 0.29) is 31.5 Å². The number of aliphatic hydroxyl groups excluding tert-OH is 1. The zero-order chi connectivity index (χ0) is 25.4. The third-order valence-electron chi connectivity index (χ3n) is 8.24. The lowest BCUT2D eigenvalue weighted by Gasteiger charge is -2.37. The number of hydrogen-bond acceptors (Lipinski definition) is 5. The molecule has 3 heterocycles. The van der Waals surface area contributed by atoms with Gasteiger partial charge < -0.3 is 19.8 Å². The van der Waals surface area contributed by atoms with Crippen LogP contribution in [-0.2, 0) is 24.2 Å². The van der Waals surface area contributed by atoms with E-state index in [1.54, 1.807) is 4.68 Å². The molecule has 2 amide bonds. The topological polar surface area (TPSA) is 81.9 Å². The third-order valence-corrected chi connectivity index (χ3v) is 8.24. The summed E-state index contributed by atoms with van der Waals surface area (Å²) in [6.07, 6.45) is 1.69. The summed E-state index contributed by atoms with van der Waals surface area (Å²) >= 11 is 0. The fourth-order valence-corrected chi connectivity index (χ4v) is 5.81. The molecule has 0 saturated carbocycles. The summed E-state index contributed by atoms with van der Waals surface area (Å²) in [5.74, 6) is -0.662. The van der Waals surface area contributed by atoms with Gasteiger partial charge in [-0.1, -0.05) is 12.1 Å². The predicted octanol–water partition coefficient (Wildman–Crippen LogP) is 2.13. The van der Waals surface area contributed by atoms with Gasteiger partial charge in [-0.3, -0.25) is 14.3 Å². The van der Waals surface area contributed by atoms with Gasteiger partial charge >= 0.3 is 0 Å². The molecule has 8 nitrogen and oxygen atoms in total. The van der Waals surface area contributed by atoms with Gasteiger partial charge in [0.2, 0.25) is 5.91 Å². The molecule has 2 atom stereocenters. The van der Waals surface area contributed by atoms with E-state index in [1.807, 2.05) is 4.90 Å². The minimum absolute atomic E-state index is 0.0133. The van der Waals surface area contributed by atoms with Gasteiger partial charge in [0, 0.05) is 62.2 Å². The Morgan fingerprint density at radius 1 is 1.08 bits per heavy atom. The van der Waals surface area contributed by atoms with E-state index in [9.17, 15) is 19.1 Å². The highest BCUT2D eigenvalue weighted by atomic mass is 19.1. The number of halogens is 1. The van der Waals surface area contributed by atoms with Crippen LogP contribution in [0.4, 0.5) is 10.1 Å². The molecule has 5 rings (SSSR count). The van der Waals surface area contributed by atoms with E-state index in [1.165, 1.54) is 21.7 Å². The number of carbonyl (C=O) groups is 2. The summed E-state index contributed by atoms with van der Waals surface area (Å²) in [6.45, 7) is 7.44. The van der Waals surface area contributed by atoms with E-state index in [0.717, 1.165) is 43.6 Å². The summed E-state index contributed by atoms with van der Waals surface area (Å²) in [6, 6.07) is 6.34. The number of aryl methyl sites for hydroxylation is 1. The first-order valence-electron chi connectivity index (χ1n) is 13.1. The minimum Gasteiger partial charge on any atom is -0.396 e. The van der Waals surface area contributed by atoms with Gasteiger partial charge in [-0.15, -0.1) is 0 Å². The Morgan fingerprint density at radius 2 is 1.86 bits per heavy atom. The highest BCUT2D eigenvalue weighted by Gasteiger charge is 2.35. The van der Waals surface area contributed by atoms with Gasteiger partial charge in [0.25, 0.3) is 5.91 Å². The van der Waals surface area contributed by atoms with Crippen molar-refractivity contribution in [2.75, 3.05) is 50.8 Å². The van der Waals surface area contributed by atoms with Crippen LogP contribution in [0.1, 0.15) is 45.7 Å². The normalized spacial score (nSPS) is 22.2. The van der Waals surface area contributed by atoms with E-state index in [0.29, 0.717) is 31.7 Å². The van der Waals surface area contributed by atoms with Crippen LogP contribution in [0, 0.1) is 19.8 Å². The van der Waals surface area contributed by atoms with Gasteiger partial charge in [0.05, 0.1) is 6.54 Å². The number of aliphatic hydroxyl groups is 1. The van der Waals surface area contributed by atoms with Crippen LogP contribution in [0.25, 0.3) is 0 Å². The zero-order valence-corrected chi connectivity index (χ0v) is 21.2. The second-order valence-corrected chi connectivity index (χ2v) is 10.4. The second-order valence-electron chi connectivity index (χ2n) is 10.4. The largest absolute Gasteiger partial charge is 0.396 e. The number of fused-ring (bicyclic) bond motifs is 1. The van der Waals surface area contributed by atoms with E-state index in [4.69, 9.17) is 0 Å². The van der Waals surface area contributed by atoms with Crippen LogP contribution >= 0.6 is 0 Å². The number of carbonyl (C=O) groups excluding carboxylic acids is 2. The van der Waals surface area contributed by atoms with Crippen LogP contribution in [0.15, 0.2) is 18.2 Å². The molecule has 2 fully saturated rings. The van der Waals surface area contributed by atoms with Crippen LogP contribution in [-0.4, -0.2) is 88.5 Å². The first kappa shape index (κ1) is 24.7. The first-order chi connectivity index (χ1) is 17.4. The van der Waals surface area contributed by atoms with Gasteiger partial charge in [-0.2, -0.15) is 5.10 Å². The maximum atomic E-state index is 14.4. The van der Waals surface area contributed by atoms with Crippen LogP contribution in [0.5, 0.6) is 0 Å². The van der Waals surface area contributed by atoms with E-state index in [2.05, 4.69) is 42.0 Å². The molecule has 1 N–H and O–H groups in total. The van der Waals surface area contributed by atoms with E-state index >= 15 is 0 Å². The highest BCUT2D eigenvalue weighted by Crippen LogP contribution is 2.29. The molecule has 2 aliphatic heterocycles. The summed E-state index contributed by atoms with van der Waals surface area (Å²) in [5, 5.41) is 13.9. The standard InChI is InChI=1S/C27H36FN5O3/c1-18-5-3-7-23(19(18)2)30-11-13-31(14-12-30)25(35)16-33-24-8-4-6-21(24)26(29-33)27(36)32-10-9-20(17-34)22(28)15-32/h3,5,7,20,22,34H,4,6,8-17H2,1-2H3/t20-,22-/m1/s1. The van der Waals surface area contributed by atoms with Crippen molar-refractivity contribution >= 4 is 17.5 Å². The lowest BCUT2D eigenvalue weighted by Crippen LogP contribution is -2.50. The van der Waals surface area contributed by atoms with Crippen molar-refractivity contribution in [3.8, 4) is 0 Å². The Bertz CT molecular complexity index is 1140. The monoisotopic (exact) mass is 497 g/mol. The number of amides is 2. The van der Waals surface area contributed by atoms with Crippen LogP contribution in [0.2, 0.25) is 0 Å². The summed E-state index contributed by atoms with van der Waals surface area (Å²) < 4.78 is 16.1. The Labute approximate surface area is 211 Å². The number of hydrogen-bond donors (Lipinski definition) is 1. The lowest BCUT2D eigenvalue weighted by molar-refractivity contribution is -0.132. The molecule has 2 saturated heterocycles. The molecule has 0 bridgehead atoms. The van der Waals surface area contributed by atoms with Crippen molar-refractivity contribution in [1.82, 2.24) is 19.6 Å². The van der Waals surface area contributed by atoms with Crippen LogP contribution < -0.4 is 4.90 Å². The zero-order valence-electron chi connectivity index (χ0n) is 21.2. The van der Waals surface area contributed by atoms with Gasteiger partial charge in [0.15, 0.2) is 5.69 Å². The molecule has 194 valence electrons. The number of piperazine rings is 1. The van der Waals surface area contributed by atoms with Crippen molar-refractivity contribution in [3.05, 3.63) is 46.3 Å². The molecule has 1 aromatic heterocycles. The molecule has 3 aliphatic rings. The summed E-state index contributed by atoms with van der Waals surface area (Å²) in [4.78, 5) is 32.2.